The van der Waals surface area contributed by atoms with Crippen molar-refractivity contribution in [2.75, 3.05) is 5.88 Å². The molecular formula is C21H39ClO2Si. The Labute approximate surface area is 161 Å². The molecule has 3 rings (SSSR count). The molecule has 3 aliphatic carbocycles. The summed E-state index contributed by atoms with van der Waals surface area (Å²) >= 11 is 6.14. The molecule has 0 N–H and O–H groups in total. The maximum atomic E-state index is 7.08. The number of hydrogen-bond donors (Lipinski definition) is 0. The Morgan fingerprint density at radius 3 is 1.52 bits per heavy atom. The average Bonchev–Trinajstić information content (AvgIpc) is 2.68. The van der Waals surface area contributed by atoms with E-state index < -0.39 is 8.56 Å². The molecule has 3 aliphatic rings. The zero-order chi connectivity index (χ0) is 17.4. The van der Waals surface area contributed by atoms with Crippen molar-refractivity contribution >= 4 is 20.2 Å². The lowest BCUT2D eigenvalue weighted by Crippen LogP contribution is -2.52. The first kappa shape index (κ1) is 20.2. The first-order valence-corrected chi connectivity index (χ1v) is 13.9. The summed E-state index contributed by atoms with van der Waals surface area (Å²) in [5.41, 5.74) is 0.716. The van der Waals surface area contributed by atoms with Gasteiger partial charge in [0.25, 0.3) is 0 Å². The summed E-state index contributed by atoms with van der Waals surface area (Å²) in [7, 11) is -2.17. The summed E-state index contributed by atoms with van der Waals surface area (Å²) in [6.45, 7) is 0. The molecule has 3 fully saturated rings. The number of rotatable bonds is 8. The van der Waals surface area contributed by atoms with Crippen LogP contribution in [0.25, 0.3) is 0 Å². The van der Waals surface area contributed by atoms with E-state index in [0.717, 1.165) is 18.3 Å². The van der Waals surface area contributed by atoms with Crippen molar-refractivity contribution in [3.8, 4) is 0 Å². The minimum Gasteiger partial charge on any atom is -0.391 e. The summed E-state index contributed by atoms with van der Waals surface area (Å²) in [4.78, 5) is 0. The molecule has 0 saturated heterocycles. The molecule has 146 valence electrons. The van der Waals surface area contributed by atoms with Crippen LogP contribution in [0.15, 0.2) is 0 Å². The lowest BCUT2D eigenvalue weighted by Gasteiger charge is -2.45. The van der Waals surface area contributed by atoms with Gasteiger partial charge in [-0.1, -0.05) is 57.8 Å². The highest BCUT2D eigenvalue weighted by Crippen LogP contribution is 2.44. The standard InChI is InChI=1S/C21H39ClO2Si/c22-17-10-18-25(21-15-8-3-9-16-21,23-19-11-4-1-5-12-19)24-20-13-6-2-7-14-20/h19-21H,1-18H2. The second kappa shape index (κ2) is 10.7. The van der Waals surface area contributed by atoms with Gasteiger partial charge in [0.15, 0.2) is 0 Å². The zero-order valence-electron chi connectivity index (χ0n) is 16.2. The Kier molecular flexibility index (Phi) is 8.62. The minimum absolute atomic E-state index is 0.473. The molecular weight excluding hydrogens is 348 g/mol. The maximum absolute atomic E-state index is 7.08. The van der Waals surface area contributed by atoms with Crippen molar-refractivity contribution < 1.29 is 8.85 Å². The predicted molar refractivity (Wildman–Crippen MR) is 109 cm³/mol. The molecule has 0 unspecified atom stereocenters. The van der Waals surface area contributed by atoms with Crippen molar-refractivity contribution in [3.05, 3.63) is 0 Å². The zero-order valence-corrected chi connectivity index (χ0v) is 17.9. The van der Waals surface area contributed by atoms with Gasteiger partial charge >= 0.3 is 8.56 Å². The molecule has 4 heteroatoms. The number of halogens is 1. The van der Waals surface area contributed by atoms with E-state index in [0.29, 0.717) is 17.7 Å². The summed E-state index contributed by atoms with van der Waals surface area (Å²) in [5, 5.41) is 0. The second-order valence-electron chi connectivity index (χ2n) is 8.70. The fourth-order valence-corrected chi connectivity index (χ4v) is 10.3. The Hall–Kier alpha value is 0.427. The van der Waals surface area contributed by atoms with E-state index in [2.05, 4.69) is 0 Å². The SMILES string of the molecule is ClCCC[Si](OC1CCCCC1)(OC1CCCCC1)C1CCCCC1. The monoisotopic (exact) mass is 386 g/mol. The molecule has 2 nitrogen and oxygen atoms in total. The third kappa shape index (κ3) is 5.95. The molecule has 0 amide bonds. The lowest BCUT2D eigenvalue weighted by atomic mass is 9.98. The highest BCUT2D eigenvalue weighted by molar-refractivity contribution is 6.69. The van der Waals surface area contributed by atoms with Crippen LogP contribution in [-0.2, 0) is 8.85 Å². The van der Waals surface area contributed by atoms with Crippen LogP contribution in [0.4, 0.5) is 0 Å². The molecule has 0 aliphatic heterocycles. The molecule has 0 atom stereocenters. The van der Waals surface area contributed by atoms with E-state index >= 15 is 0 Å². The van der Waals surface area contributed by atoms with Gasteiger partial charge < -0.3 is 8.85 Å². The van der Waals surface area contributed by atoms with Crippen molar-refractivity contribution in [1.82, 2.24) is 0 Å². The third-order valence-corrected chi connectivity index (χ3v) is 11.3. The van der Waals surface area contributed by atoms with Crippen LogP contribution in [0.3, 0.4) is 0 Å². The van der Waals surface area contributed by atoms with E-state index in [1.165, 1.54) is 96.3 Å². The van der Waals surface area contributed by atoms with E-state index in [9.17, 15) is 0 Å². The van der Waals surface area contributed by atoms with Gasteiger partial charge in [-0.25, -0.2) is 0 Å². The highest BCUT2D eigenvalue weighted by atomic mass is 35.5. The Morgan fingerprint density at radius 2 is 1.08 bits per heavy atom. The van der Waals surface area contributed by atoms with Crippen LogP contribution >= 0.6 is 11.6 Å². The average molecular weight is 387 g/mol. The summed E-state index contributed by atoms with van der Waals surface area (Å²) in [6.07, 6.45) is 22.1. The van der Waals surface area contributed by atoms with Gasteiger partial charge in [0.2, 0.25) is 0 Å². The van der Waals surface area contributed by atoms with Crippen molar-refractivity contribution in [2.45, 2.75) is 127 Å². The van der Waals surface area contributed by atoms with Crippen molar-refractivity contribution in [3.63, 3.8) is 0 Å². The first-order valence-electron chi connectivity index (χ1n) is 11.2. The fraction of sp³-hybridized carbons (Fsp3) is 1.00. The summed E-state index contributed by atoms with van der Waals surface area (Å²) in [6, 6.07) is 1.13. The van der Waals surface area contributed by atoms with Crippen LogP contribution < -0.4 is 0 Å². The second-order valence-corrected chi connectivity index (χ2v) is 12.5. The number of hydrogen-bond acceptors (Lipinski definition) is 2. The van der Waals surface area contributed by atoms with Crippen LogP contribution in [0.5, 0.6) is 0 Å². The molecule has 25 heavy (non-hydrogen) atoms. The van der Waals surface area contributed by atoms with Gasteiger partial charge in [-0.3, -0.25) is 0 Å². The Balaban J connectivity index is 1.75. The predicted octanol–water partition coefficient (Wildman–Crippen LogP) is 7.09. The van der Waals surface area contributed by atoms with E-state index in [1.807, 2.05) is 0 Å². The van der Waals surface area contributed by atoms with Gasteiger partial charge in [0.1, 0.15) is 0 Å². The molecule has 3 saturated carbocycles. The molecule has 0 aromatic heterocycles. The third-order valence-electron chi connectivity index (χ3n) is 6.72. The van der Waals surface area contributed by atoms with E-state index in [1.54, 1.807) is 0 Å². The van der Waals surface area contributed by atoms with Gasteiger partial charge in [0, 0.05) is 23.6 Å². The first-order chi connectivity index (χ1) is 12.3. The smallest absolute Gasteiger partial charge is 0.341 e. The molecule has 0 radical (unpaired) electrons. The van der Waals surface area contributed by atoms with Gasteiger partial charge in [-0.2, -0.15) is 0 Å². The van der Waals surface area contributed by atoms with E-state index in [-0.39, 0.29) is 0 Å². The van der Waals surface area contributed by atoms with Crippen LogP contribution in [0, 0.1) is 0 Å². The molecule has 0 heterocycles. The largest absolute Gasteiger partial charge is 0.391 e. The molecule has 0 bridgehead atoms. The van der Waals surface area contributed by atoms with Crippen LogP contribution in [-0.4, -0.2) is 26.6 Å². The molecule has 0 spiro atoms. The topological polar surface area (TPSA) is 18.5 Å². The Morgan fingerprint density at radius 1 is 0.640 bits per heavy atom. The number of alkyl halides is 1. The minimum atomic E-state index is -2.17. The quantitative estimate of drug-likeness (QED) is 0.327. The Bertz CT molecular complexity index is 341. The van der Waals surface area contributed by atoms with E-state index in [4.69, 9.17) is 20.5 Å². The molecule has 0 aromatic rings. The summed E-state index contributed by atoms with van der Waals surface area (Å²) in [5.74, 6) is 0.753. The summed E-state index contributed by atoms with van der Waals surface area (Å²) < 4.78 is 14.2. The lowest BCUT2D eigenvalue weighted by molar-refractivity contribution is 0.0375. The van der Waals surface area contributed by atoms with Crippen molar-refractivity contribution in [1.29, 1.82) is 0 Å². The van der Waals surface area contributed by atoms with Gasteiger partial charge in [-0.15, -0.1) is 11.6 Å². The van der Waals surface area contributed by atoms with Gasteiger partial charge in [-0.05, 0) is 51.0 Å². The van der Waals surface area contributed by atoms with Gasteiger partial charge in [0.05, 0.1) is 0 Å². The fourth-order valence-electron chi connectivity index (χ4n) is 5.33. The highest BCUT2D eigenvalue weighted by Gasteiger charge is 2.48. The van der Waals surface area contributed by atoms with Crippen LogP contribution in [0.1, 0.15) is 103 Å². The maximum Gasteiger partial charge on any atom is 0.341 e. The van der Waals surface area contributed by atoms with Crippen molar-refractivity contribution in [2.24, 2.45) is 0 Å². The van der Waals surface area contributed by atoms with Crippen LogP contribution in [0.2, 0.25) is 11.6 Å². The molecule has 0 aromatic carbocycles. The normalized spacial score (nSPS) is 25.3.